The fraction of sp³-hybridized carbons (Fsp3) is 0.125. The van der Waals surface area contributed by atoms with Crippen LogP contribution in [-0.2, 0) is 4.74 Å². The second kappa shape index (κ2) is 4.58. The summed E-state index contributed by atoms with van der Waals surface area (Å²) in [6.45, 7) is -0.301. The van der Waals surface area contributed by atoms with Crippen molar-refractivity contribution in [2.75, 3.05) is 12.3 Å². The number of ether oxygens (including phenoxy) is 1. The molecule has 1 aromatic rings. The molecular weight excluding hydrogens is 250 g/mol. The number of carbonyl (C=O) groups excluding carboxylic acids is 1. The van der Waals surface area contributed by atoms with Crippen LogP contribution in [0.4, 0.5) is 5.82 Å². The molecule has 72 valence electrons. The van der Waals surface area contributed by atoms with E-state index in [0.29, 0.717) is 4.47 Å². The fourth-order valence-corrected chi connectivity index (χ4v) is 1.12. The second-order valence-corrected chi connectivity index (χ2v) is 3.24. The van der Waals surface area contributed by atoms with Crippen LogP contribution < -0.4 is 5.73 Å². The summed E-state index contributed by atoms with van der Waals surface area (Å²) in [5.74, 6) is -0.575. The molecule has 0 unspecified atom stereocenters. The molecule has 0 aliphatic rings. The van der Waals surface area contributed by atoms with E-state index in [1.54, 1.807) is 6.07 Å². The van der Waals surface area contributed by atoms with Crippen LogP contribution in [0.1, 0.15) is 10.4 Å². The molecule has 0 aliphatic heterocycles. The number of halogens is 1. The number of nitrogens with two attached hydrogens (primary N) is 1. The van der Waals surface area contributed by atoms with Gasteiger partial charge in [-0.2, -0.15) is 5.26 Å². The Morgan fingerprint density at radius 2 is 2.50 bits per heavy atom. The smallest absolute Gasteiger partial charge is 0.342 e. The van der Waals surface area contributed by atoms with Crippen molar-refractivity contribution in [3.05, 3.63) is 22.3 Å². The first-order valence-electron chi connectivity index (χ1n) is 3.60. The predicted molar refractivity (Wildman–Crippen MR) is 52.2 cm³/mol. The molecule has 1 heterocycles. The first-order chi connectivity index (χ1) is 6.65. The largest absolute Gasteiger partial charge is 0.447 e. The van der Waals surface area contributed by atoms with Crippen molar-refractivity contribution in [2.45, 2.75) is 0 Å². The van der Waals surface area contributed by atoms with Crippen LogP contribution in [-0.4, -0.2) is 17.6 Å². The van der Waals surface area contributed by atoms with Crippen molar-refractivity contribution in [1.29, 1.82) is 5.26 Å². The number of aromatic nitrogens is 1. The third-order valence-corrected chi connectivity index (χ3v) is 1.81. The summed E-state index contributed by atoms with van der Waals surface area (Å²) in [5.41, 5.74) is 5.59. The summed E-state index contributed by atoms with van der Waals surface area (Å²) < 4.78 is 5.19. The molecule has 0 atom stereocenters. The zero-order chi connectivity index (χ0) is 10.6. The van der Waals surface area contributed by atoms with E-state index >= 15 is 0 Å². The van der Waals surface area contributed by atoms with Gasteiger partial charge in [-0.3, -0.25) is 0 Å². The van der Waals surface area contributed by atoms with Crippen molar-refractivity contribution < 1.29 is 9.53 Å². The molecule has 0 saturated heterocycles. The van der Waals surface area contributed by atoms with Crippen LogP contribution in [0.3, 0.4) is 0 Å². The highest BCUT2D eigenvalue weighted by atomic mass is 79.9. The molecule has 1 aromatic heterocycles. The van der Waals surface area contributed by atoms with Gasteiger partial charge in [0.25, 0.3) is 0 Å². The van der Waals surface area contributed by atoms with Gasteiger partial charge >= 0.3 is 5.97 Å². The Morgan fingerprint density at radius 3 is 3.14 bits per heavy atom. The quantitative estimate of drug-likeness (QED) is 0.800. The van der Waals surface area contributed by atoms with Crippen molar-refractivity contribution in [3.8, 4) is 6.07 Å². The van der Waals surface area contributed by atoms with Gasteiger partial charge in [0.1, 0.15) is 17.5 Å². The van der Waals surface area contributed by atoms with Crippen LogP contribution in [0.15, 0.2) is 16.7 Å². The number of esters is 1. The Bertz CT molecular complexity index is 400. The van der Waals surface area contributed by atoms with Crippen LogP contribution in [0.25, 0.3) is 0 Å². The maximum Gasteiger partial charge on any atom is 0.342 e. The zero-order valence-corrected chi connectivity index (χ0v) is 8.61. The fourth-order valence-electron chi connectivity index (χ4n) is 0.789. The molecule has 5 nitrogen and oxygen atoms in total. The van der Waals surface area contributed by atoms with E-state index in [1.807, 2.05) is 0 Å². The summed E-state index contributed by atoms with van der Waals surface area (Å²) in [6, 6.07) is 3.17. The summed E-state index contributed by atoms with van der Waals surface area (Å²) in [7, 11) is 0. The zero-order valence-electron chi connectivity index (χ0n) is 7.03. The summed E-state index contributed by atoms with van der Waals surface area (Å²) in [5, 5.41) is 8.20. The van der Waals surface area contributed by atoms with E-state index in [-0.39, 0.29) is 18.0 Å². The molecule has 0 aliphatic carbocycles. The maximum atomic E-state index is 11.3. The first kappa shape index (κ1) is 10.5. The number of carbonyl (C=O) groups is 1. The molecular formula is C8H6BrN3O2. The standard InChI is InChI=1S/C8H6BrN3O2/c9-5-3-6(7(11)12-4-5)8(13)14-2-1-10/h3-4H,2H2,(H2,11,12). The van der Waals surface area contributed by atoms with Gasteiger partial charge in [-0.25, -0.2) is 9.78 Å². The average molecular weight is 256 g/mol. The molecule has 0 saturated carbocycles. The average Bonchev–Trinajstić information content (AvgIpc) is 2.18. The number of rotatable bonds is 2. The number of pyridine rings is 1. The maximum absolute atomic E-state index is 11.3. The van der Waals surface area contributed by atoms with Crippen LogP contribution in [0.5, 0.6) is 0 Å². The molecule has 0 fully saturated rings. The Morgan fingerprint density at radius 1 is 1.79 bits per heavy atom. The van der Waals surface area contributed by atoms with Gasteiger partial charge in [0, 0.05) is 10.7 Å². The topological polar surface area (TPSA) is 89.0 Å². The van der Waals surface area contributed by atoms with Crippen LogP contribution in [0, 0.1) is 11.3 Å². The molecule has 14 heavy (non-hydrogen) atoms. The summed E-state index contributed by atoms with van der Waals surface area (Å²) >= 11 is 3.14. The van der Waals surface area contributed by atoms with Crippen LogP contribution >= 0.6 is 15.9 Å². The lowest BCUT2D eigenvalue weighted by atomic mass is 10.2. The van der Waals surface area contributed by atoms with Gasteiger partial charge < -0.3 is 10.5 Å². The molecule has 0 aromatic carbocycles. The highest BCUT2D eigenvalue weighted by Gasteiger charge is 2.12. The van der Waals surface area contributed by atoms with Crippen molar-refractivity contribution in [3.63, 3.8) is 0 Å². The Balaban J connectivity index is 2.90. The van der Waals surface area contributed by atoms with E-state index in [0.717, 1.165) is 0 Å². The predicted octanol–water partition coefficient (Wildman–Crippen LogP) is 1.11. The van der Waals surface area contributed by atoms with Crippen molar-refractivity contribution in [1.82, 2.24) is 4.98 Å². The highest BCUT2D eigenvalue weighted by Crippen LogP contribution is 2.16. The number of nitriles is 1. The van der Waals surface area contributed by atoms with Gasteiger partial charge in [-0.05, 0) is 22.0 Å². The van der Waals surface area contributed by atoms with E-state index in [4.69, 9.17) is 11.0 Å². The Kier molecular flexibility index (Phi) is 3.42. The van der Waals surface area contributed by atoms with Gasteiger partial charge in [-0.1, -0.05) is 0 Å². The third-order valence-electron chi connectivity index (χ3n) is 1.37. The normalized spacial score (nSPS) is 9.14. The molecule has 0 amide bonds. The number of hydrogen-bond acceptors (Lipinski definition) is 5. The van der Waals surface area contributed by atoms with E-state index in [1.165, 1.54) is 12.3 Å². The SMILES string of the molecule is N#CCOC(=O)c1cc(Br)cnc1N. The van der Waals surface area contributed by atoms with Crippen LogP contribution in [0.2, 0.25) is 0 Å². The lowest BCUT2D eigenvalue weighted by Crippen LogP contribution is -2.09. The lowest BCUT2D eigenvalue weighted by Gasteiger charge is -2.03. The van der Waals surface area contributed by atoms with Gasteiger partial charge in [-0.15, -0.1) is 0 Å². The first-order valence-corrected chi connectivity index (χ1v) is 4.39. The minimum Gasteiger partial charge on any atom is -0.447 e. The molecule has 0 spiro atoms. The van der Waals surface area contributed by atoms with Gasteiger partial charge in [0.05, 0.1) is 0 Å². The molecule has 0 bridgehead atoms. The molecule has 0 radical (unpaired) electrons. The Hall–Kier alpha value is -1.61. The van der Waals surface area contributed by atoms with E-state index in [9.17, 15) is 4.79 Å². The summed E-state index contributed by atoms with van der Waals surface area (Å²) in [6.07, 6.45) is 1.47. The minimum atomic E-state index is -0.655. The molecule has 6 heteroatoms. The Labute approximate surface area is 88.6 Å². The number of nitrogen functional groups attached to an aromatic ring is 1. The van der Waals surface area contributed by atoms with Crippen molar-refractivity contribution in [2.24, 2.45) is 0 Å². The minimum absolute atomic E-state index is 0.0798. The summed E-state index contributed by atoms with van der Waals surface area (Å²) in [4.78, 5) is 15.0. The molecule has 1 rings (SSSR count). The number of nitrogens with zero attached hydrogens (tertiary/aromatic N) is 2. The second-order valence-electron chi connectivity index (χ2n) is 2.32. The third kappa shape index (κ3) is 2.44. The number of hydrogen-bond donors (Lipinski definition) is 1. The van der Waals surface area contributed by atoms with Gasteiger partial charge in [0.15, 0.2) is 6.61 Å². The van der Waals surface area contributed by atoms with E-state index < -0.39 is 5.97 Å². The lowest BCUT2D eigenvalue weighted by molar-refractivity contribution is 0.0556. The highest BCUT2D eigenvalue weighted by molar-refractivity contribution is 9.10. The molecule has 2 N–H and O–H groups in total. The monoisotopic (exact) mass is 255 g/mol. The number of anilines is 1. The van der Waals surface area contributed by atoms with E-state index in [2.05, 4.69) is 25.7 Å². The van der Waals surface area contributed by atoms with Gasteiger partial charge in [0.2, 0.25) is 0 Å². The van der Waals surface area contributed by atoms with Crippen molar-refractivity contribution >= 4 is 27.7 Å².